The van der Waals surface area contributed by atoms with Gasteiger partial charge >= 0.3 is 24.0 Å². The third kappa shape index (κ3) is 4.31. The Labute approximate surface area is 136 Å². The van der Waals surface area contributed by atoms with Crippen molar-refractivity contribution >= 4 is 11.7 Å². The number of nitrogens with zero attached hydrogens (tertiary/aromatic N) is 1. The maximum atomic E-state index is 13.1. The van der Waals surface area contributed by atoms with Crippen LogP contribution in [0.5, 0.6) is 0 Å². The van der Waals surface area contributed by atoms with Crippen molar-refractivity contribution < 1.29 is 31.2 Å². The van der Waals surface area contributed by atoms with Gasteiger partial charge in [-0.15, -0.1) is 0 Å². The lowest BCUT2D eigenvalue weighted by Gasteiger charge is -2.20. The zero-order valence-corrected chi connectivity index (χ0v) is 12.2. The molecule has 0 aliphatic rings. The van der Waals surface area contributed by atoms with Gasteiger partial charge in [0, 0.05) is 18.0 Å². The van der Waals surface area contributed by atoms with Crippen molar-refractivity contribution in [3.8, 4) is 11.3 Å². The molecule has 0 spiro atoms. The number of carbonyl (C=O) groups excluding carboxylic acids is 1. The van der Waals surface area contributed by atoms with E-state index in [0.29, 0.717) is 5.56 Å². The Morgan fingerprint density at radius 2 is 1.92 bits per heavy atom. The molecular weight excluding hydrogens is 353 g/mol. The number of urea groups is 1. The summed E-state index contributed by atoms with van der Waals surface area (Å²) in [5, 5.41) is 2.73. The summed E-state index contributed by atoms with van der Waals surface area (Å²) in [4.78, 5) is 26.9. The van der Waals surface area contributed by atoms with E-state index in [9.17, 15) is 31.5 Å². The molecule has 11 heteroatoms. The van der Waals surface area contributed by atoms with E-state index in [1.807, 2.05) is 0 Å². The molecule has 2 heterocycles. The van der Waals surface area contributed by atoms with Crippen LogP contribution < -0.4 is 16.3 Å². The number of halogens is 5. The molecule has 0 fully saturated rings. The van der Waals surface area contributed by atoms with Crippen LogP contribution in [-0.2, 0) is 0 Å². The molecule has 2 aromatic rings. The summed E-state index contributed by atoms with van der Waals surface area (Å²) in [7, 11) is 0. The van der Waals surface area contributed by atoms with Crippen molar-refractivity contribution in [2.75, 3.05) is 5.32 Å². The van der Waals surface area contributed by atoms with Crippen LogP contribution in [0.1, 0.15) is 0 Å². The Hall–Kier alpha value is -2.98. The molecule has 0 aliphatic heterocycles. The summed E-state index contributed by atoms with van der Waals surface area (Å²) in [5.74, 6) is -4.97. The minimum atomic E-state index is -5.08. The molecular formula is C14H10F5N3O3. The largest absolute Gasteiger partial charge is 0.421 e. The van der Waals surface area contributed by atoms with E-state index in [1.54, 1.807) is 17.4 Å². The summed E-state index contributed by atoms with van der Waals surface area (Å²) in [6.07, 6.45) is -5.07. The van der Waals surface area contributed by atoms with Crippen molar-refractivity contribution in [3.63, 3.8) is 0 Å². The number of nitrogens with one attached hydrogen (secondary N) is 2. The summed E-state index contributed by atoms with van der Waals surface area (Å²) in [6, 6.07) is 3.90. The molecule has 2 amide bonds. The molecule has 0 radical (unpaired) electrons. The Bertz CT molecular complexity index is 798. The summed E-state index contributed by atoms with van der Waals surface area (Å²) >= 11 is 0. The molecule has 0 aromatic carbocycles. The fraction of sp³-hybridized carbons (Fsp3) is 0.214. The first-order valence-electron chi connectivity index (χ1n) is 6.64. The van der Waals surface area contributed by atoms with Gasteiger partial charge in [-0.25, -0.2) is 22.8 Å². The average Bonchev–Trinajstić information content (AvgIpc) is 2.57. The SMILES string of the molecule is O=C(Nc1ccc(-c2cccnc2)oc1=O)NC(F)C(F)(F)C(F)F. The first-order valence-corrected chi connectivity index (χ1v) is 6.64. The van der Waals surface area contributed by atoms with Crippen LogP contribution >= 0.6 is 0 Å². The van der Waals surface area contributed by atoms with Gasteiger partial charge in [0.25, 0.3) is 0 Å². The van der Waals surface area contributed by atoms with Crippen molar-refractivity contribution in [2.45, 2.75) is 18.6 Å². The third-order valence-electron chi connectivity index (χ3n) is 2.90. The van der Waals surface area contributed by atoms with E-state index in [1.165, 1.54) is 18.5 Å². The Kier molecular flexibility index (Phi) is 5.35. The highest BCUT2D eigenvalue weighted by atomic mass is 19.3. The van der Waals surface area contributed by atoms with Crippen molar-refractivity contribution in [2.24, 2.45) is 0 Å². The van der Waals surface area contributed by atoms with Gasteiger partial charge in [0.05, 0.1) is 0 Å². The fourth-order valence-electron chi connectivity index (χ4n) is 1.65. The second-order valence-corrected chi connectivity index (χ2v) is 4.68. The number of hydrogen-bond acceptors (Lipinski definition) is 4. The number of aromatic nitrogens is 1. The molecule has 0 saturated carbocycles. The molecule has 25 heavy (non-hydrogen) atoms. The van der Waals surface area contributed by atoms with Gasteiger partial charge in [0.2, 0.25) is 6.30 Å². The Balaban J connectivity index is 2.08. The van der Waals surface area contributed by atoms with Crippen molar-refractivity contribution in [1.29, 1.82) is 0 Å². The number of amides is 2. The molecule has 2 aromatic heterocycles. The van der Waals surface area contributed by atoms with Crippen LogP contribution in [0.2, 0.25) is 0 Å². The molecule has 134 valence electrons. The minimum Gasteiger partial charge on any atom is -0.421 e. The predicted molar refractivity (Wildman–Crippen MR) is 76.2 cm³/mol. The second-order valence-electron chi connectivity index (χ2n) is 4.68. The molecule has 0 bridgehead atoms. The molecule has 1 atom stereocenters. The number of pyridine rings is 1. The number of carbonyl (C=O) groups is 1. The highest BCUT2D eigenvalue weighted by Crippen LogP contribution is 2.27. The van der Waals surface area contributed by atoms with Gasteiger partial charge in [0.15, 0.2) is 0 Å². The number of rotatable bonds is 5. The molecule has 1 unspecified atom stereocenters. The zero-order chi connectivity index (χ0) is 18.6. The lowest BCUT2D eigenvalue weighted by atomic mass is 10.2. The van der Waals surface area contributed by atoms with E-state index < -0.39 is 36.0 Å². The van der Waals surface area contributed by atoms with E-state index >= 15 is 0 Å². The first kappa shape index (κ1) is 18.4. The number of hydrogen-bond donors (Lipinski definition) is 2. The van der Waals surface area contributed by atoms with Gasteiger partial charge in [0.1, 0.15) is 11.4 Å². The van der Waals surface area contributed by atoms with Gasteiger partial charge < -0.3 is 15.1 Å². The topological polar surface area (TPSA) is 84.2 Å². The summed E-state index contributed by atoms with van der Waals surface area (Å²) < 4.78 is 67.3. The molecule has 2 rings (SSSR count). The number of anilines is 1. The van der Waals surface area contributed by atoms with Crippen LogP contribution in [0, 0.1) is 0 Å². The summed E-state index contributed by atoms with van der Waals surface area (Å²) in [5.41, 5.74) is -1.11. The van der Waals surface area contributed by atoms with Crippen LogP contribution in [0.15, 0.2) is 45.9 Å². The van der Waals surface area contributed by atoms with Gasteiger partial charge in [-0.05, 0) is 24.3 Å². The highest BCUT2D eigenvalue weighted by molar-refractivity contribution is 5.89. The normalized spacial score (nSPS) is 12.7. The highest BCUT2D eigenvalue weighted by Gasteiger charge is 2.50. The predicted octanol–water partition coefficient (Wildman–Crippen LogP) is 3.02. The van der Waals surface area contributed by atoms with Crippen LogP contribution in [0.25, 0.3) is 11.3 Å². The molecule has 0 aliphatic carbocycles. The van der Waals surface area contributed by atoms with Gasteiger partial charge in [-0.1, -0.05) is 0 Å². The third-order valence-corrected chi connectivity index (χ3v) is 2.90. The van der Waals surface area contributed by atoms with E-state index in [2.05, 4.69) is 4.98 Å². The molecule has 6 nitrogen and oxygen atoms in total. The van der Waals surface area contributed by atoms with Crippen molar-refractivity contribution in [1.82, 2.24) is 10.3 Å². The quantitative estimate of drug-likeness (QED) is 0.632. The zero-order valence-electron chi connectivity index (χ0n) is 12.2. The smallest absolute Gasteiger partial charge is 0.360 e. The molecule has 0 saturated heterocycles. The van der Waals surface area contributed by atoms with E-state index in [4.69, 9.17) is 4.42 Å². The van der Waals surface area contributed by atoms with Gasteiger partial charge in [-0.2, -0.15) is 8.78 Å². The minimum absolute atomic E-state index is 0.108. The van der Waals surface area contributed by atoms with Crippen LogP contribution in [0.3, 0.4) is 0 Å². The Morgan fingerprint density at radius 3 is 2.48 bits per heavy atom. The maximum absolute atomic E-state index is 13.1. The van der Waals surface area contributed by atoms with Crippen LogP contribution in [-0.4, -0.2) is 29.7 Å². The maximum Gasteiger partial charge on any atom is 0.360 e. The summed E-state index contributed by atoms with van der Waals surface area (Å²) in [6.45, 7) is 0. The Morgan fingerprint density at radius 1 is 1.20 bits per heavy atom. The van der Waals surface area contributed by atoms with E-state index in [-0.39, 0.29) is 5.76 Å². The van der Waals surface area contributed by atoms with E-state index in [0.717, 1.165) is 11.4 Å². The fourth-order valence-corrected chi connectivity index (χ4v) is 1.65. The standard InChI is InChI=1S/C14H10F5N3O3/c15-11(16)14(18,19)12(17)22-13(24)21-8-3-4-9(25-10(8)23)7-2-1-5-20-6-7/h1-6,11-12H,(H2,21,22,24). The molecule has 2 N–H and O–H groups in total. The lowest BCUT2D eigenvalue weighted by Crippen LogP contribution is -2.50. The van der Waals surface area contributed by atoms with Crippen LogP contribution in [0.4, 0.5) is 32.4 Å². The van der Waals surface area contributed by atoms with Crippen molar-refractivity contribution in [3.05, 3.63) is 47.1 Å². The number of alkyl halides is 5. The lowest BCUT2D eigenvalue weighted by molar-refractivity contribution is -0.174. The first-order chi connectivity index (χ1) is 11.7. The monoisotopic (exact) mass is 363 g/mol. The second kappa shape index (κ2) is 7.28. The van der Waals surface area contributed by atoms with Gasteiger partial charge in [-0.3, -0.25) is 4.98 Å². The average molecular weight is 363 g/mol.